The van der Waals surface area contributed by atoms with Gasteiger partial charge < -0.3 is 9.47 Å². The number of carbonyl (C=O) groups is 2. The van der Waals surface area contributed by atoms with Crippen LogP contribution in [0.15, 0.2) is 0 Å². The first-order valence-corrected chi connectivity index (χ1v) is 5.88. The van der Waals surface area contributed by atoms with Gasteiger partial charge in [0, 0.05) is 0 Å². The summed E-state index contributed by atoms with van der Waals surface area (Å²) in [4.78, 5) is 23.4. The van der Waals surface area contributed by atoms with Crippen molar-refractivity contribution in [3.05, 3.63) is 0 Å². The predicted octanol–water partition coefficient (Wildman–Crippen LogP) is 2.30. The summed E-state index contributed by atoms with van der Waals surface area (Å²) < 4.78 is 10.1. The van der Waals surface area contributed by atoms with Crippen LogP contribution in [0.5, 0.6) is 0 Å². The zero-order chi connectivity index (χ0) is 15.3. The first-order valence-electron chi connectivity index (χ1n) is 5.88. The Morgan fingerprint density at radius 3 is 1.95 bits per heavy atom. The molecule has 0 spiro atoms. The fraction of sp³-hybridized carbons (Fsp3) is 0.692. The van der Waals surface area contributed by atoms with E-state index in [0.29, 0.717) is 0 Å². The third-order valence-electron chi connectivity index (χ3n) is 1.49. The van der Waals surface area contributed by atoms with Gasteiger partial charge in [0.1, 0.15) is 17.7 Å². The molecule has 0 radical (unpaired) electrons. The standard InChI is InChI=1S/C13H22N2O4/c1-8-9-15(11(17)19-13(5,6)7)14-10(16)18-12(2,3)4/h1H,9H2,2-7H3,(H,14,16). The molecule has 0 aromatic heterocycles. The number of hydrazine groups is 1. The second-order valence-corrected chi connectivity index (χ2v) is 5.88. The molecule has 0 saturated carbocycles. The Balaban J connectivity index is 4.63. The lowest BCUT2D eigenvalue weighted by Crippen LogP contribution is -2.49. The van der Waals surface area contributed by atoms with Crippen molar-refractivity contribution in [2.45, 2.75) is 52.7 Å². The molecule has 1 N–H and O–H groups in total. The van der Waals surface area contributed by atoms with E-state index in [1.807, 2.05) is 0 Å². The number of rotatable bonds is 1. The highest BCUT2D eigenvalue weighted by atomic mass is 16.6. The lowest BCUT2D eigenvalue weighted by atomic mass is 10.2. The van der Waals surface area contributed by atoms with E-state index < -0.39 is 23.4 Å². The topological polar surface area (TPSA) is 67.9 Å². The molecule has 0 fully saturated rings. The van der Waals surface area contributed by atoms with Crippen LogP contribution in [0, 0.1) is 12.3 Å². The Morgan fingerprint density at radius 2 is 1.58 bits per heavy atom. The Labute approximate surface area is 114 Å². The average molecular weight is 270 g/mol. The third kappa shape index (κ3) is 8.77. The van der Waals surface area contributed by atoms with Crippen LogP contribution >= 0.6 is 0 Å². The first kappa shape index (κ1) is 17.1. The van der Waals surface area contributed by atoms with Crippen molar-refractivity contribution in [3.8, 4) is 12.3 Å². The Hall–Kier alpha value is -1.90. The van der Waals surface area contributed by atoms with Gasteiger partial charge in [0.05, 0.1) is 0 Å². The van der Waals surface area contributed by atoms with E-state index in [1.165, 1.54) is 0 Å². The lowest BCUT2D eigenvalue weighted by Gasteiger charge is -2.27. The quantitative estimate of drug-likeness (QED) is 0.586. The number of nitrogens with one attached hydrogen (secondary N) is 1. The van der Waals surface area contributed by atoms with Crippen LogP contribution in [-0.4, -0.2) is 34.9 Å². The second-order valence-electron chi connectivity index (χ2n) is 5.88. The Morgan fingerprint density at radius 1 is 1.11 bits per heavy atom. The largest absolute Gasteiger partial charge is 0.443 e. The molecule has 0 unspecified atom stereocenters. The first-order chi connectivity index (χ1) is 8.44. The van der Waals surface area contributed by atoms with Crippen molar-refractivity contribution >= 4 is 12.2 Å². The van der Waals surface area contributed by atoms with Crippen molar-refractivity contribution < 1.29 is 19.1 Å². The van der Waals surface area contributed by atoms with Gasteiger partial charge in [-0.05, 0) is 41.5 Å². The summed E-state index contributed by atoms with van der Waals surface area (Å²) in [5.41, 5.74) is 0.904. The average Bonchev–Trinajstić information content (AvgIpc) is 2.10. The normalized spacial score (nSPS) is 11.2. The van der Waals surface area contributed by atoms with Crippen molar-refractivity contribution in [1.29, 1.82) is 0 Å². The van der Waals surface area contributed by atoms with Crippen LogP contribution in [0.2, 0.25) is 0 Å². The summed E-state index contributed by atoms with van der Waals surface area (Å²) in [6, 6.07) is 0. The zero-order valence-corrected chi connectivity index (χ0v) is 12.4. The molecule has 2 amide bonds. The molecule has 0 atom stereocenters. The van der Waals surface area contributed by atoms with Gasteiger partial charge in [0.2, 0.25) is 0 Å². The zero-order valence-electron chi connectivity index (χ0n) is 12.4. The van der Waals surface area contributed by atoms with E-state index in [9.17, 15) is 9.59 Å². The van der Waals surface area contributed by atoms with Gasteiger partial charge in [-0.3, -0.25) is 0 Å². The summed E-state index contributed by atoms with van der Waals surface area (Å²) in [7, 11) is 0. The van der Waals surface area contributed by atoms with E-state index in [2.05, 4.69) is 11.3 Å². The minimum absolute atomic E-state index is 0.117. The molecule has 0 aromatic rings. The van der Waals surface area contributed by atoms with Crippen molar-refractivity contribution in [2.75, 3.05) is 6.54 Å². The van der Waals surface area contributed by atoms with Gasteiger partial charge in [-0.15, -0.1) is 6.42 Å². The number of terminal acetylenes is 1. The van der Waals surface area contributed by atoms with Crippen molar-refractivity contribution in [3.63, 3.8) is 0 Å². The van der Waals surface area contributed by atoms with E-state index in [4.69, 9.17) is 15.9 Å². The Bertz CT molecular complexity index is 372. The third-order valence-corrected chi connectivity index (χ3v) is 1.49. The number of carbonyl (C=O) groups excluding carboxylic acids is 2. The van der Waals surface area contributed by atoms with Crippen molar-refractivity contribution in [1.82, 2.24) is 10.4 Å². The highest BCUT2D eigenvalue weighted by molar-refractivity contribution is 5.74. The van der Waals surface area contributed by atoms with Crippen LogP contribution < -0.4 is 5.43 Å². The van der Waals surface area contributed by atoms with Crippen molar-refractivity contribution in [2.24, 2.45) is 0 Å². The van der Waals surface area contributed by atoms with Crippen LogP contribution in [0.1, 0.15) is 41.5 Å². The molecule has 0 aliphatic rings. The molecule has 19 heavy (non-hydrogen) atoms. The summed E-state index contributed by atoms with van der Waals surface area (Å²) in [5.74, 6) is 2.26. The molecular formula is C13H22N2O4. The number of hydrogen-bond acceptors (Lipinski definition) is 4. The SMILES string of the molecule is C#CCN(NC(=O)OC(C)(C)C)C(=O)OC(C)(C)C. The molecule has 0 aliphatic heterocycles. The maximum absolute atomic E-state index is 11.8. The predicted molar refractivity (Wildman–Crippen MR) is 71.1 cm³/mol. The number of nitrogens with zero attached hydrogens (tertiary/aromatic N) is 1. The molecule has 6 heteroatoms. The van der Waals surface area contributed by atoms with Gasteiger partial charge in [0.15, 0.2) is 0 Å². The lowest BCUT2D eigenvalue weighted by molar-refractivity contribution is 0.00454. The molecule has 108 valence electrons. The molecule has 6 nitrogen and oxygen atoms in total. The monoisotopic (exact) mass is 270 g/mol. The van der Waals surface area contributed by atoms with Crippen LogP contribution in [0.25, 0.3) is 0 Å². The summed E-state index contributed by atoms with van der Waals surface area (Å²) in [6.07, 6.45) is 3.63. The van der Waals surface area contributed by atoms with Gasteiger partial charge in [-0.1, -0.05) is 5.92 Å². The summed E-state index contributed by atoms with van der Waals surface area (Å²) in [6.45, 7) is 10.2. The van der Waals surface area contributed by atoms with Gasteiger partial charge in [-0.2, -0.15) is 0 Å². The highest BCUT2D eigenvalue weighted by Gasteiger charge is 2.25. The molecule has 0 bridgehead atoms. The molecule has 0 aliphatic carbocycles. The van der Waals surface area contributed by atoms with E-state index >= 15 is 0 Å². The molecular weight excluding hydrogens is 248 g/mol. The van der Waals surface area contributed by atoms with Gasteiger partial charge in [0.25, 0.3) is 0 Å². The number of amides is 2. The van der Waals surface area contributed by atoms with Gasteiger partial charge >= 0.3 is 12.2 Å². The molecule has 0 heterocycles. The summed E-state index contributed by atoms with van der Waals surface area (Å²) >= 11 is 0. The number of ether oxygens (including phenoxy) is 2. The van der Waals surface area contributed by atoms with Gasteiger partial charge in [-0.25, -0.2) is 20.0 Å². The fourth-order valence-corrected chi connectivity index (χ4v) is 0.969. The molecule has 0 saturated heterocycles. The van der Waals surface area contributed by atoms with E-state index in [1.54, 1.807) is 41.5 Å². The van der Waals surface area contributed by atoms with Crippen LogP contribution in [0.4, 0.5) is 9.59 Å². The van der Waals surface area contributed by atoms with E-state index in [-0.39, 0.29) is 6.54 Å². The Kier molecular flexibility index (Phi) is 5.69. The fourth-order valence-electron chi connectivity index (χ4n) is 0.969. The maximum Gasteiger partial charge on any atom is 0.430 e. The smallest absolute Gasteiger partial charge is 0.430 e. The summed E-state index contributed by atoms with van der Waals surface area (Å²) in [5, 5.41) is 0.888. The molecule has 0 aromatic carbocycles. The van der Waals surface area contributed by atoms with E-state index in [0.717, 1.165) is 5.01 Å². The highest BCUT2D eigenvalue weighted by Crippen LogP contribution is 2.10. The minimum Gasteiger partial charge on any atom is -0.443 e. The minimum atomic E-state index is -0.770. The maximum atomic E-state index is 11.8. The second kappa shape index (κ2) is 6.32. The molecule has 0 rings (SSSR count). The number of hydrogen-bond donors (Lipinski definition) is 1. The van der Waals surface area contributed by atoms with Crippen LogP contribution in [0.3, 0.4) is 0 Å². The van der Waals surface area contributed by atoms with Crippen LogP contribution in [-0.2, 0) is 9.47 Å².